The molecule has 7 heteroatoms. The monoisotopic (exact) mass is 454 g/mol. The lowest BCUT2D eigenvalue weighted by molar-refractivity contribution is 0.0254. The van der Waals surface area contributed by atoms with Crippen molar-refractivity contribution in [1.82, 2.24) is 9.97 Å². The van der Waals surface area contributed by atoms with Crippen molar-refractivity contribution in [3.05, 3.63) is 72.1 Å². The highest BCUT2D eigenvalue weighted by Gasteiger charge is 2.17. The van der Waals surface area contributed by atoms with Gasteiger partial charge in [0.15, 0.2) is 0 Å². The molecule has 1 fully saturated rings. The van der Waals surface area contributed by atoms with Crippen LogP contribution in [0.15, 0.2) is 60.9 Å². The predicted octanol–water partition coefficient (Wildman–Crippen LogP) is 5.12. The van der Waals surface area contributed by atoms with Crippen molar-refractivity contribution in [3.63, 3.8) is 0 Å². The van der Waals surface area contributed by atoms with Crippen LogP contribution in [0.2, 0.25) is 0 Å². The molecule has 4 heterocycles. The van der Waals surface area contributed by atoms with E-state index in [4.69, 9.17) is 14.2 Å². The van der Waals surface area contributed by atoms with E-state index < -0.39 is 0 Å². The topological polar surface area (TPSA) is 89.3 Å². The third-order valence-corrected chi connectivity index (χ3v) is 6.01. The molecule has 2 aliphatic heterocycles. The number of rotatable bonds is 6. The van der Waals surface area contributed by atoms with E-state index in [1.807, 2.05) is 42.6 Å². The molecule has 7 nitrogen and oxygen atoms in total. The number of anilines is 2. The third kappa shape index (κ3) is 5.25. The summed E-state index contributed by atoms with van der Waals surface area (Å²) >= 11 is 0. The molecule has 5 rings (SSSR count). The van der Waals surface area contributed by atoms with Gasteiger partial charge in [-0.15, -0.1) is 0 Å². The minimum atomic E-state index is 0.0880. The van der Waals surface area contributed by atoms with E-state index in [1.165, 1.54) is 5.57 Å². The Bertz CT molecular complexity index is 1210. The molecule has 3 aromatic rings. The Morgan fingerprint density at radius 3 is 2.53 bits per heavy atom. The van der Waals surface area contributed by atoms with Gasteiger partial charge in [0.05, 0.1) is 32.0 Å². The van der Waals surface area contributed by atoms with Crippen molar-refractivity contribution in [2.24, 2.45) is 0 Å². The molecule has 0 spiro atoms. The van der Waals surface area contributed by atoms with E-state index in [-0.39, 0.29) is 6.10 Å². The van der Waals surface area contributed by atoms with E-state index in [1.54, 1.807) is 6.20 Å². The van der Waals surface area contributed by atoms with Crippen LogP contribution in [-0.2, 0) is 9.47 Å². The SMILES string of the molecule is N#Cc1cc(-c2ccnc(Nc3ccc(C4=CCOCC4)cn3)c2)ccc1OC1CCOCC1. The Labute approximate surface area is 199 Å². The first kappa shape index (κ1) is 22.1. The molecule has 0 bridgehead atoms. The van der Waals surface area contributed by atoms with Gasteiger partial charge in [0.1, 0.15) is 29.6 Å². The summed E-state index contributed by atoms with van der Waals surface area (Å²) in [6.07, 6.45) is 8.40. The van der Waals surface area contributed by atoms with Gasteiger partial charge in [-0.05, 0) is 65.1 Å². The molecular weight excluding hydrogens is 428 g/mol. The van der Waals surface area contributed by atoms with Crippen molar-refractivity contribution in [2.75, 3.05) is 31.7 Å². The zero-order valence-corrected chi connectivity index (χ0v) is 18.9. The Hall–Kier alpha value is -3.73. The van der Waals surface area contributed by atoms with Gasteiger partial charge >= 0.3 is 0 Å². The minimum Gasteiger partial charge on any atom is -0.489 e. The van der Waals surface area contributed by atoms with Crippen molar-refractivity contribution >= 4 is 17.2 Å². The Morgan fingerprint density at radius 1 is 0.912 bits per heavy atom. The van der Waals surface area contributed by atoms with Crippen LogP contribution in [0.1, 0.15) is 30.4 Å². The first-order chi connectivity index (χ1) is 16.8. The second-order valence-corrected chi connectivity index (χ2v) is 8.29. The second-order valence-electron chi connectivity index (χ2n) is 8.29. The summed E-state index contributed by atoms with van der Waals surface area (Å²) in [5.41, 5.74) is 4.78. The van der Waals surface area contributed by atoms with Crippen LogP contribution in [0, 0.1) is 11.3 Å². The number of aromatic nitrogens is 2. The lowest BCUT2D eigenvalue weighted by Gasteiger charge is -2.23. The summed E-state index contributed by atoms with van der Waals surface area (Å²) in [6, 6.07) is 15.9. The van der Waals surface area contributed by atoms with Gasteiger partial charge in [0, 0.05) is 25.2 Å². The van der Waals surface area contributed by atoms with Crippen molar-refractivity contribution in [1.29, 1.82) is 5.26 Å². The molecule has 2 aromatic heterocycles. The molecule has 0 radical (unpaired) electrons. The number of nitrogens with zero attached hydrogens (tertiary/aromatic N) is 3. The fourth-order valence-electron chi connectivity index (χ4n) is 4.13. The average Bonchev–Trinajstić information content (AvgIpc) is 2.91. The van der Waals surface area contributed by atoms with Crippen molar-refractivity contribution < 1.29 is 14.2 Å². The largest absolute Gasteiger partial charge is 0.489 e. The first-order valence-electron chi connectivity index (χ1n) is 11.5. The molecule has 1 aromatic carbocycles. The molecule has 34 heavy (non-hydrogen) atoms. The molecule has 0 unspecified atom stereocenters. The van der Waals surface area contributed by atoms with Gasteiger partial charge in [-0.2, -0.15) is 5.26 Å². The van der Waals surface area contributed by atoms with Gasteiger partial charge in [-0.3, -0.25) is 0 Å². The maximum Gasteiger partial charge on any atom is 0.137 e. The molecular formula is C27H26N4O3. The fourth-order valence-corrected chi connectivity index (χ4v) is 4.13. The number of benzene rings is 1. The maximum absolute atomic E-state index is 9.69. The smallest absolute Gasteiger partial charge is 0.137 e. The van der Waals surface area contributed by atoms with E-state index in [9.17, 15) is 5.26 Å². The molecule has 1 N–H and O–H groups in total. The summed E-state index contributed by atoms with van der Waals surface area (Å²) in [5, 5.41) is 13.0. The highest BCUT2D eigenvalue weighted by molar-refractivity contribution is 5.71. The van der Waals surface area contributed by atoms with Crippen LogP contribution in [0.5, 0.6) is 5.75 Å². The number of hydrogen-bond acceptors (Lipinski definition) is 7. The molecule has 0 saturated carbocycles. The third-order valence-electron chi connectivity index (χ3n) is 6.01. The Balaban J connectivity index is 1.30. The quantitative estimate of drug-likeness (QED) is 0.553. The van der Waals surface area contributed by atoms with Crippen LogP contribution in [0.3, 0.4) is 0 Å². The predicted molar refractivity (Wildman–Crippen MR) is 130 cm³/mol. The van der Waals surface area contributed by atoms with Crippen LogP contribution in [0.4, 0.5) is 11.6 Å². The highest BCUT2D eigenvalue weighted by Crippen LogP contribution is 2.30. The molecule has 0 atom stereocenters. The standard InChI is InChI=1S/C27H26N4O3/c28-17-23-15-20(1-3-25(23)34-24-8-13-33-14-9-24)21-5-10-29-27(16-21)31-26-4-2-22(18-30-26)19-6-11-32-12-7-19/h1-6,10,15-16,18,24H,7-9,11-14H2,(H,29,30,31). The Kier molecular flexibility index (Phi) is 6.80. The van der Waals surface area contributed by atoms with E-state index in [0.29, 0.717) is 37.0 Å². The average molecular weight is 455 g/mol. The number of hydrogen-bond donors (Lipinski definition) is 1. The lowest BCUT2D eigenvalue weighted by Crippen LogP contribution is -2.26. The van der Waals surface area contributed by atoms with Gasteiger partial charge < -0.3 is 19.5 Å². The normalized spacial score (nSPS) is 16.4. The van der Waals surface area contributed by atoms with Gasteiger partial charge in [-0.25, -0.2) is 9.97 Å². The van der Waals surface area contributed by atoms with E-state index >= 15 is 0 Å². The van der Waals surface area contributed by atoms with Crippen molar-refractivity contribution in [2.45, 2.75) is 25.4 Å². The van der Waals surface area contributed by atoms with Gasteiger partial charge in [0.25, 0.3) is 0 Å². The summed E-state index contributed by atoms with van der Waals surface area (Å²) < 4.78 is 16.8. The van der Waals surface area contributed by atoms with Gasteiger partial charge in [-0.1, -0.05) is 12.1 Å². The van der Waals surface area contributed by atoms with Crippen molar-refractivity contribution in [3.8, 4) is 22.9 Å². The number of nitrogens with one attached hydrogen (secondary N) is 1. The zero-order chi connectivity index (χ0) is 23.2. The molecule has 0 amide bonds. The number of ether oxygens (including phenoxy) is 3. The van der Waals surface area contributed by atoms with Crippen LogP contribution in [-0.4, -0.2) is 42.5 Å². The van der Waals surface area contributed by atoms with Crippen LogP contribution >= 0.6 is 0 Å². The summed E-state index contributed by atoms with van der Waals surface area (Å²) in [4.78, 5) is 8.97. The highest BCUT2D eigenvalue weighted by atomic mass is 16.5. The molecule has 172 valence electrons. The second kappa shape index (κ2) is 10.5. The van der Waals surface area contributed by atoms with E-state index in [0.717, 1.165) is 48.4 Å². The number of nitriles is 1. The van der Waals surface area contributed by atoms with Crippen LogP contribution in [0.25, 0.3) is 16.7 Å². The minimum absolute atomic E-state index is 0.0880. The maximum atomic E-state index is 9.69. The molecule has 1 saturated heterocycles. The molecule has 2 aliphatic rings. The zero-order valence-electron chi connectivity index (χ0n) is 18.9. The summed E-state index contributed by atoms with van der Waals surface area (Å²) in [5.74, 6) is 2.03. The van der Waals surface area contributed by atoms with Gasteiger partial charge in [0.2, 0.25) is 0 Å². The number of pyridine rings is 2. The fraction of sp³-hybridized carbons (Fsp3) is 0.296. The van der Waals surface area contributed by atoms with E-state index in [2.05, 4.69) is 33.5 Å². The Morgan fingerprint density at radius 2 is 1.76 bits per heavy atom. The summed E-state index contributed by atoms with van der Waals surface area (Å²) in [6.45, 7) is 2.80. The molecule has 0 aliphatic carbocycles. The summed E-state index contributed by atoms with van der Waals surface area (Å²) in [7, 11) is 0. The first-order valence-corrected chi connectivity index (χ1v) is 11.5. The van der Waals surface area contributed by atoms with Crippen LogP contribution < -0.4 is 10.1 Å². The lowest BCUT2D eigenvalue weighted by atomic mass is 10.0.